The van der Waals surface area contributed by atoms with Gasteiger partial charge in [0.1, 0.15) is 0 Å². The second-order valence-corrected chi connectivity index (χ2v) is 9.63. The number of aryl methyl sites for hydroxylation is 2. The van der Waals surface area contributed by atoms with Gasteiger partial charge in [-0.3, -0.25) is 9.10 Å². The van der Waals surface area contributed by atoms with E-state index < -0.39 is 10.0 Å². The number of hydrogen-bond acceptors (Lipinski definition) is 3. The van der Waals surface area contributed by atoms with E-state index in [2.05, 4.69) is 21.2 Å². The third-order valence-electron chi connectivity index (χ3n) is 4.59. The Balaban J connectivity index is 1.87. The van der Waals surface area contributed by atoms with Crippen LogP contribution in [-0.2, 0) is 10.0 Å². The van der Waals surface area contributed by atoms with Crippen LogP contribution in [0.1, 0.15) is 21.5 Å². The highest BCUT2D eigenvalue weighted by molar-refractivity contribution is 9.10. The average Bonchev–Trinajstić information content (AvgIpc) is 2.70. The van der Waals surface area contributed by atoms with Crippen LogP contribution < -0.4 is 9.62 Å². The number of amides is 1. The standard InChI is InChI=1S/C22H21BrN2O3S/c1-15-7-10-19(11-8-15)25(3)29(27,28)20-6-4-5-17(14-20)22(26)24-21-12-9-18(23)13-16(21)2/h4-14H,1-3H3,(H,24,26). The summed E-state index contributed by atoms with van der Waals surface area (Å²) in [5.74, 6) is -0.370. The van der Waals surface area contributed by atoms with Crippen LogP contribution in [-0.4, -0.2) is 21.4 Å². The van der Waals surface area contributed by atoms with E-state index in [9.17, 15) is 13.2 Å². The summed E-state index contributed by atoms with van der Waals surface area (Å²) in [6, 6.07) is 18.8. The van der Waals surface area contributed by atoms with Gasteiger partial charge in [0.05, 0.1) is 10.6 Å². The van der Waals surface area contributed by atoms with Crippen molar-refractivity contribution in [1.82, 2.24) is 0 Å². The first-order valence-electron chi connectivity index (χ1n) is 8.91. The molecule has 0 aliphatic carbocycles. The number of nitrogens with zero attached hydrogens (tertiary/aromatic N) is 1. The Labute approximate surface area is 179 Å². The van der Waals surface area contributed by atoms with Gasteiger partial charge in [-0.1, -0.05) is 39.7 Å². The lowest BCUT2D eigenvalue weighted by Crippen LogP contribution is -2.26. The molecule has 0 atom stereocenters. The molecule has 0 heterocycles. The van der Waals surface area contributed by atoms with Crippen molar-refractivity contribution in [3.05, 3.63) is 87.9 Å². The van der Waals surface area contributed by atoms with Crippen molar-refractivity contribution in [2.45, 2.75) is 18.7 Å². The number of nitrogens with one attached hydrogen (secondary N) is 1. The molecule has 0 aliphatic heterocycles. The van der Waals surface area contributed by atoms with E-state index in [1.807, 2.05) is 38.1 Å². The second kappa shape index (κ2) is 8.39. The number of anilines is 2. The molecule has 29 heavy (non-hydrogen) atoms. The molecule has 5 nitrogen and oxygen atoms in total. The zero-order chi connectivity index (χ0) is 21.2. The fraction of sp³-hybridized carbons (Fsp3) is 0.136. The SMILES string of the molecule is Cc1ccc(N(C)S(=O)(=O)c2cccc(C(=O)Nc3ccc(Br)cc3C)c2)cc1. The molecule has 0 fully saturated rings. The van der Waals surface area contributed by atoms with Crippen molar-refractivity contribution < 1.29 is 13.2 Å². The number of rotatable bonds is 5. The Morgan fingerprint density at radius 2 is 1.66 bits per heavy atom. The minimum atomic E-state index is -3.80. The highest BCUT2D eigenvalue weighted by atomic mass is 79.9. The third-order valence-corrected chi connectivity index (χ3v) is 6.86. The summed E-state index contributed by atoms with van der Waals surface area (Å²) in [5, 5.41) is 2.83. The van der Waals surface area contributed by atoms with Crippen LogP contribution in [0, 0.1) is 13.8 Å². The van der Waals surface area contributed by atoms with Gasteiger partial charge < -0.3 is 5.32 Å². The van der Waals surface area contributed by atoms with E-state index >= 15 is 0 Å². The first-order chi connectivity index (χ1) is 13.7. The minimum absolute atomic E-state index is 0.0563. The summed E-state index contributed by atoms with van der Waals surface area (Å²) in [6.45, 7) is 3.82. The fourth-order valence-electron chi connectivity index (χ4n) is 2.81. The summed E-state index contributed by atoms with van der Waals surface area (Å²) < 4.78 is 28.2. The molecular formula is C22H21BrN2O3S. The van der Waals surface area contributed by atoms with Gasteiger partial charge in [0.25, 0.3) is 15.9 Å². The number of benzene rings is 3. The summed E-state index contributed by atoms with van der Waals surface area (Å²) in [5.41, 5.74) is 3.43. The third kappa shape index (κ3) is 4.68. The number of halogens is 1. The van der Waals surface area contributed by atoms with Gasteiger partial charge in [0, 0.05) is 22.8 Å². The summed E-state index contributed by atoms with van der Waals surface area (Å²) in [4.78, 5) is 12.7. The minimum Gasteiger partial charge on any atom is -0.322 e. The Morgan fingerprint density at radius 1 is 0.966 bits per heavy atom. The molecule has 1 amide bonds. The molecular weight excluding hydrogens is 452 g/mol. The average molecular weight is 473 g/mol. The van der Waals surface area contributed by atoms with Gasteiger partial charge in [0.15, 0.2) is 0 Å². The molecule has 0 saturated heterocycles. The molecule has 0 unspecified atom stereocenters. The smallest absolute Gasteiger partial charge is 0.264 e. The lowest BCUT2D eigenvalue weighted by molar-refractivity contribution is 0.102. The molecule has 3 rings (SSSR count). The molecule has 3 aromatic carbocycles. The number of carbonyl (C=O) groups excluding carboxylic acids is 1. The lowest BCUT2D eigenvalue weighted by atomic mass is 10.1. The van der Waals surface area contributed by atoms with Crippen LogP contribution in [0.3, 0.4) is 0 Å². The molecule has 0 bridgehead atoms. The first kappa shape index (κ1) is 21.1. The second-order valence-electron chi connectivity index (χ2n) is 6.75. The van der Waals surface area contributed by atoms with Crippen LogP contribution in [0.15, 0.2) is 76.1 Å². The van der Waals surface area contributed by atoms with E-state index in [4.69, 9.17) is 0 Å². The van der Waals surface area contributed by atoms with Gasteiger partial charge in [-0.05, 0) is 67.9 Å². The summed E-state index contributed by atoms with van der Waals surface area (Å²) in [6.07, 6.45) is 0. The summed E-state index contributed by atoms with van der Waals surface area (Å²) in [7, 11) is -2.30. The van der Waals surface area contributed by atoms with E-state index in [1.165, 1.54) is 23.5 Å². The molecule has 0 saturated carbocycles. The molecule has 0 spiro atoms. The molecule has 0 aromatic heterocycles. The fourth-order valence-corrected chi connectivity index (χ4v) is 4.53. The first-order valence-corrected chi connectivity index (χ1v) is 11.1. The van der Waals surface area contributed by atoms with Crippen LogP contribution in [0.5, 0.6) is 0 Å². The molecule has 150 valence electrons. The quantitative estimate of drug-likeness (QED) is 0.558. The molecule has 0 radical (unpaired) electrons. The van der Waals surface area contributed by atoms with Gasteiger partial charge in [-0.15, -0.1) is 0 Å². The Morgan fingerprint density at radius 3 is 2.31 bits per heavy atom. The molecule has 0 aliphatic rings. The van der Waals surface area contributed by atoms with E-state index in [0.717, 1.165) is 15.6 Å². The van der Waals surface area contributed by atoms with E-state index in [1.54, 1.807) is 30.3 Å². The van der Waals surface area contributed by atoms with Crippen molar-refractivity contribution in [3.63, 3.8) is 0 Å². The van der Waals surface area contributed by atoms with Gasteiger partial charge >= 0.3 is 0 Å². The normalized spacial score (nSPS) is 11.2. The van der Waals surface area contributed by atoms with Crippen molar-refractivity contribution in [2.24, 2.45) is 0 Å². The molecule has 7 heteroatoms. The number of carbonyl (C=O) groups is 1. The highest BCUT2D eigenvalue weighted by Gasteiger charge is 2.22. The topological polar surface area (TPSA) is 66.5 Å². The Hall–Kier alpha value is -2.64. The summed E-state index contributed by atoms with van der Waals surface area (Å²) >= 11 is 3.39. The van der Waals surface area contributed by atoms with Crippen molar-refractivity contribution >= 4 is 43.2 Å². The van der Waals surface area contributed by atoms with Gasteiger partial charge in [0.2, 0.25) is 0 Å². The van der Waals surface area contributed by atoms with E-state index in [0.29, 0.717) is 11.4 Å². The predicted octanol–water partition coefficient (Wildman–Crippen LogP) is 5.14. The van der Waals surface area contributed by atoms with Crippen molar-refractivity contribution in [2.75, 3.05) is 16.7 Å². The lowest BCUT2D eigenvalue weighted by Gasteiger charge is -2.20. The monoisotopic (exact) mass is 472 g/mol. The van der Waals surface area contributed by atoms with Crippen LogP contribution in [0.25, 0.3) is 0 Å². The van der Waals surface area contributed by atoms with Crippen LogP contribution in [0.4, 0.5) is 11.4 Å². The molecule has 1 N–H and O–H groups in total. The number of sulfonamides is 1. The van der Waals surface area contributed by atoms with Gasteiger partial charge in [-0.25, -0.2) is 8.42 Å². The molecule has 3 aromatic rings. The largest absolute Gasteiger partial charge is 0.322 e. The number of hydrogen-bond donors (Lipinski definition) is 1. The Kier molecular flexibility index (Phi) is 6.10. The van der Waals surface area contributed by atoms with Gasteiger partial charge in [-0.2, -0.15) is 0 Å². The zero-order valence-corrected chi connectivity index (χ0v) is 18.7. The maximum Gasteiger partial charge on any atom is 0.264 e. The highest BCUT2D eigenvalue weighted by Crippen LogP contribution is 2.24. The zero-order valence-electron chi connectivity index (χ0n) is 16.3. The maximum absolute atomic E-state index is 13.0. The van der Waals surface area contributed by atoms with Crippen molar-refractivity contribution in [3.8, 4) is 0 Å². The van der Waals surface area contributed by atoms with Crippen molar-refractivity contribution in [1.29, 1.82) is 0 Å². The van der Waals surface area contributed by atoms with E-state index in [-0.39, 0.29) is 16.4 Å². The maximum atomic E-state index is 13.0. The van der Waals surface area contributed by atoms with Crippen LogP contribution in [0.2, 0.25) is 0 Å². The van der Waals surface area contributed by atoms with Crippen LogP contribution >= 0.6 is 15.9 Å². The predicted molar refractivity (Wildman–Crippen MR) is 120 cm³/mol. The Bertz CT molecular complexity index is 1160.